The van der Waals surface area contributed by atoms with Crippen LogP contribution in [0.15, 0.2) is 66.7 Å². The summed E-state index contributed by atoms with van der Waals surface area (Å²) >= 11 is 6.58. The molecule has 3 aliphatic heterocycles. The third kappa shape index (κ3) is 5.59. The Morgan fingerprint density at radius 3 is 2.53 bits per heavy atom. The molecule has 5 atom stereocenters. The normalized spacial score (nSPS) is 26.0. The molecule has 45 heavy (non-hydrogen) atoms. The Morgan fingerprint density at radius 2 is 1.89 bits per heavy atom. The van der Waals surface area contributed by atoms with Crippen LogP contribution < -0.4 is 25.5 Å². The SMILES string of the molecule is COc1ccc([Si](C)(C)[C@H]2[C@H](CCO)O[C@@]3(C(=O)N(Cc4ccc(NC(=O)[C@H]5CCCN5)cc4)c4ccc(Cl)cc43)[C@@H]2C)cc1. The second-order valence-corrected chi connectivity index (χ2v) is 18.2. The molecular formula is C35H42ClN3O5Si. The van der Waals surface area contributed by atoms with Crippen molar-refractivity contribution in [2.45, 2.75) is 69.1 Å². The number of aliphatic hydroxyl groups excluding tert-OH is 1. The van der Waals surface area contributed by atoms with Gasteiger partial charge in [0.25, 0.3) is 5.91 Å². The Labute approximate surface area is 271 Å². The quantitative estimate of drug-likeness (QED) is 0.277. The summed E-state index contributed by atoms with van der Waals surface area (Å²) < 4.78 is 12.4. The maximum Gasteiger partial charge on any atom is 0.264 e. The molecule has 3 N–H and O–H groups in total. The molecular weight excluding hydrogens is 606 g/mol. The lowest BCUT2D eigenvalue weighted by Crippen LogP contribution is -2.51. The van der Waals surface area contributed by atoms with Gasteiger partial charge in [-0.25, -0.2) is 0 Å². The summed E-state index contributed by atoms with van der Waals surface area (Å²) in [5.74, 6) is 0.494. The van der Waals surface area contributed by atoms with E-state index in [1.165, 1.54) is 5.19 Å². The summed E-state index contributed by atoms with van der Waals surface area (Å²) in [4.78, 5) is 29.1. The molecule has 10 heteroatoms. The lowest BCUT2D eigenvalue weighted by atomic mass is 9.82. The molecule has 6 rings (SSSR count). The van der Waals surface area contributed by atoms with Crippen LogP contribution in [-0.4, -0.2) is 57.4 Å². The van der Waals surface area contributed by atoms with Gasteiger partial charge in [0.15, 0.2) is 5.60 Å². The molecule has 0 saturated carbocycles. The average Bonchev–Trinajstić information content (AvgIpc) is 3.73. The highest BCUT2D eigenvalue weighted by Gasteiger charge is 2.66. The van der Waals surface area contributed by atoms with Gasteiger partial charge in [0.1, 0.15) is 5.75 Å². The topological polar surface area (TPSA) is 100 Å². The van der Waals surface area contributed by atoms with E-state index >= 15 is 0 Å². The summed E-state index contributed by atoms with van der Waals surface area (Å²) in [5.41, 5.74) is 2.05. The van der Waals surface area contributed by atoms with Crippen LogP contribution in [-0.2, 0) is 26.5 Å². The zero-order chi connectivity index (χ0) is 31.9. The van der Waals surface area contributed by atoms with E-state index in [1.807, 2.05) is 54.6 Å². The average molecular weight is 648 g/mol. The lowest BCUT2D eigenvalue weighted by molar-refractivity contribution is -0.146. The first-order valence-electron chi connectivity index (χ1n) is 15.8. The Morgan fingerprint density at radius 1 is 1.16 bits per heavy atom. The Kier molecular flexibility index (Phi) is 8.84. The van der Waals surface area contributed by atoms with Crippen molar-refractivity contribution in [2.24, 2.45) is 5.92 Å². The van der Waals surface area contributed by atoms with Crippen molar-refractivity contribution >= 4 is 48.1 Å². The van der Waals surface area contributed by atoms with Gasteiger partial charge in [-0.1, -0.05) is 61.1 Å². The first-order valence-corrected chi connectivity index (χ1v) is 19.2. The number of amides is 2. The van der Waals surface area contributed by atoms with E-state index in [0.717, 1.165) is 47.6 Å². The second-order valence-electron chi connectivity index (χ2n) is 13.1. The van der Waals surface area contributed by atoms with Crippen molar-refractivity contribution in [2.75, 3.05) is 30.5 Å². The van der Waals surface area contributed by atoms with Crippen LogP contribution >= 0.6 is 11.6 Å². The van der Waals surface area contributed by atoms with Crippen LogP contribution in [0.2, 0.25) is 23.7 Å². The zero-order valence-electron chi connectivity index (χ0n) is 26.3. The van der Waals surface area contributed by atoms with Gasteiger partial charge < -0.3 is 30.1 Å². The van der Waals surface area contributed by atoms with Crippen LogP contribution in [0.3, 0.4) is 0 Å². The largest absolute Gasteiger partial charge is 0.497 e. The van der Waals surface area contributed by atoms with Crippen LogP contribution in [0.4, 0.5) is 11.4 Å². The maximum atomic E-state index is 14.7. The summed E-state index contributed by atoms with van der Waals surface area (Å²) in [6, 6.07) is 21.3. The van der Waals surface area contributed by atoms with Crippen LogP contribution in [0, 0.1) is 5.92 Å². The monoisotopic (exact) mass is 647 g/mol. The van der Waals surface area contributed by atoms with E-state index in [-0.39, 0.29) is 42.0 Å². The number of ether oxygens (including phenoxy) is 2. The fourth-order valence-electron chi connectivity index (χ4n) is 7.85. The molecule has 1 spiro atoms. The van der Waals surface area contributed by atoms with Crippen molar-refractivity contribution < 1.29 is 24.2 Å². The summed E-state index contributed by atoms with van der Waals surface area (Å²) in [7, 11) is -0.604. The number of hydrogen-bond acceptors (Lipinski definition) is 6. The fraction of sp³-hybridized carbons (Fsp3) is 0.429. The summed E-state index contributed by atoms with van der Waals surface area (Å²) in [6.45, 7) is 7.95. The number of benzene rings is 3. The summed E-state index contributed by atoms with van der Waals surface area (Å²) in [5, 5.41) is 18.1. The number of carbonyl (C=O) groups is 2. The first kappa shape index (κ1) is 31.8. The van der Waals surface area contributed by atoms with Gasteiger partial charge >= 0.3 is 0 Å². The van der Waals surface area contributed by atoms with Crippen molar-refractivity contribution in [3.63, 3.8) is 0 Å². The number of hydrogen-bond donors (Lipinski definition) is 3. The zero-order valence-corrected chi connectivity index (χ0v) is 28.1. The highest BCUT2D eigenvalue weighted by atomic mass is 35.5. The predicted octanol–water partition coefficient (Wildman–Crippen LogP) is 5.18. The molecule has 0 aromatic heterocycles. The van der Waals surface area contributed by atoms with Crippen LogP contribution in [0.5, 0.6) is 5.75 Å². The fourth-order valence-corrected chi connectivity index (χ4v) is 12.1. The number of nitrogens with one attached hydrogen (secondary N) is 2. The molecule has 3 aliphatic rings. The van der Waals surface area contributed by atoms with Gasteiger partial charge in [-0.3, -0.25) is 9.59 Å². The van der Waals surface area contributed by atoms with Crippen molar-refractivity contribution in [3.8, 4) is 5.75 Å². The van der Waals surface area contributed by atoms with E-state index in [2.05, 4.69) is 42.8 Å². The Hall–Kier alpha value is -3.21. The van der Waals surface area contributed by atoms with Crippen LogP contribution in [0.25, 0.3) is 0 Å². The molecule has 0 bridgehead atoms. The molecule has 2 saturated heterocycles. The number of anilines is 2. The number of methoxy groups -OCH3 is 1. The molecule has 2 amide bonds. The van der Waals surface area contributed by atoms with E-state index < -0.39 is 13.7 Å². The molecule has 0 radical (unpaired) electrons. The van der Waals surface area contributed by atoms with E-state index in [0.29, 0.717) is 18.0 Å². The van der Waals surface area contributed by atoms with E-state index in [1.54, 1.807) is 12.0 Å². The van der Waals surface area contributed by atoms with E-state index in [4.69, 9.17) is 21.1 Å². The number of aliphatic hydroxyl groups is 1. The molecule has 0 aliphatic carbocycles. The minimum atomic E-state index is -2.26. The van der Waals surface area contributed by atoms with Gasteiger partial charge in [-0.05, 0) is 79.4 Å². The van der Waals surface area contributed by atoms with Crippen LogP contribution in [0.1, 0.15) is 37.3 Å². The highest BCUT2D eigenvalue weighted by molar-refractivity contribution is 6.91. The van der Waals surface area contributed by atoms with Crippen molar-refractivity contribution in [3.05, 3.63) is 82.9 Å². The Bertz CT molecular complexity index is 1560. The third-order valence-electron chi connectivity index (χ3n) is 10.2. The molecule has 238 valence electrons. The van der Waals surface area contributed by atoms with Gasteiger partial charge in [0.05, 0.1) is 39.6 Å². The van der Waals surface area contributed by atoms with Gasteiger partial charge in [0.2, 0.25) is 5.91 Å². The number of halogens is 1. The number of rotatable bonds is 9. The first-order chi connectivity index (χ1) is 21.6. The molecule has 2 fully saturated rings. The summed E-state index contributed by atoms with van der Waals surface area (Å²) in [6.07, 6.45) is 1.98. The highest BCUT2D eigenvalue weighted by Crippen LogP contribution is 2.60. The van der Waals surface area contributed by atoms with Crippen molar-refractivity contribution in [1.82, 2.24) is 5.32 Å². The van der Waals surface area contributed by atoms with Crippen molar-refractivity contribution in [1.29, 1.82) is 0 Å². The minimum absolute atomic E-state index is 0.0248. The number of nitrogens with zero attached hydrogens (tertiary/aromatic N) is 1. The molecule has 3 heterocycles. The van der Waals surface area contributed by atoms with Gasteiger partial charge in [-0.15, -0.1) is 0 Å². The predicted molar refractivity (Wildman–Crippen MR) is 180 cm³/mol. The molecule has 8 nitrogen and oxygen atoms in total. The second kappa shape index (κ2) is 12.5. The van der Waals surface area contributed by atoms with Gasteiger partial charge in [-0.2, -0.15) is 0 Å². The number of fused-ring (bicyclic) bond motifs is 2. The smallest absolute Gasteiger partial charge is 0.264 e. The Balaban J connectivity index is 1.31. The third-order valence-corrected chi connectivity index (χ3v) is 14.7. The molecule has 3 aromatic rings. The molecule has 0 unspecified atom stereocenters. The minimum Gasteiger partial charge on any atom is -0.497 e. The van der Waals surface area contributed by atoms with Gasteiger partial charge in [0, 0.05) is 28.8 Å². The maximum absolute atomic E-state index is 14.7. The number of carbonyl (C=O) groups excluding carboxylic acids is 2. The molecule has 3 aromatic carbocycles. The van der Waals surface area contributed by atoms with E-state index in [9.17, 15) is 14.7 Å². The lowest BCUT2D eigenvalue weighted by Gasteiger charge is -2.37. The standard InChI is InChI=1S/C35H42ClN3O5Si/c1-22-32(45(3,4)27-14-12-26(43-2)13-15-27)31(17-19-40)44-35(22)28-20-24(36)9-16-30(28)39(34(35)42)21-23-7-10-25(11-8-23)38-33(41)29-6-5-18-37-29/h7-16,20,22,29,31-32,37,40H,5-6,17-19,21H2,1-4H3,(H,38,41)/t22-,29-,31+,32-,35+/m1/s1.